The highest BCUT2D eigenvalue weighted by molar-refractivity contribution is 6.38. The first kappa shape index (κ1) is 15.1. The topological polar surface area (TPSA) is 84.9 Å². The fourth-order valence-electron chi connectivity index (χ4n) is 1.73. The van der Waals surface area contributed by atoms with Crippen LogP contribution in [0.2, 0.25) is 10.0 Å². The molecule has 2 N–H and O–H groups in total. The van der Waals surface area contributed by atoms with Crippen LogP contribution in [0.5, 0.6) is 0 Å². The molecule has 1 heterocycles. The molecule has 1 fully saturated rings. The third-order valence-electron chi connectivity index (χ3n) is 2.67. The first-order valence-corrected chi connectivity index (χ1v) is 6.48. The summed E-state index contributed by atoms with van der Waals surface area (Å²) in [6, 6.07) is 2.76. The predicted molar refractivity (Wildman–Crippen MR) is 72.6 cm³/mol. The van der Waals surface area contributed by atoms with Gasteiger partial charge in [-0.1, -0.05) is 23.2 Å². The van der Waals surface area contributed by atoms with Gasteiger partial charge in [0.25, 0.3) is 5.91 Å². The summed E-state index contributed by atoms with van der Waals surface area (Å²) < 4.78 is 10.3. The van der Waals surface area contributed by atoms with E-state index < -0.39 is 18.0 Å². The number of anilines is 1. The number of carboxylic acids is 1. The first-order valence-electron chi connectivity index (χ1n) is 5.72. The molecule has 8 heteroatoms. The summed E-state index contributed by atoms with van der Waals surface area (Å²) in [4.78, 5) is 23.2. The molecule has 1 saturated heterocycles. The summed E-state index contributed by atoms with van der Waals surface area (Å²) in [6.45, 7) is 0.821. The molecule has 1 aliphatic rings. The molecule has 108 valence electrons. The van der Waals surface area contributed by atoms with E-state index in [-0.39, 0.29) is 27.9 Å². The molecule has 0 saturated carbocycles. The molecule has 0 aromatic heterocycles. The van der Waals surface area contributed by atoms with Gasteiger partial charge in [-0.05, 0) is 12.1 Å². The molecule has 1 aromatic rings. The van der Waals surface area contributed by atoms with Crippen LogP contribution in [-0.2, 0) is 14.3 Å². The molecular formula is C12H11Cl2NO5. The summed E-state index contributed by atoms with van der Waals surface area (Å²) in [6.07, 6.45) is -0.805. The SMILES string of the molecule is O=C(O)c1c(Cl)ccc(Cl)c1NC(=O)C1COCCO1. The number of benzene rings is 1. The Balaban J connectivity index is 2.26. The number of aromatic carboxylic acids is 1. The highest BCUT2D eigenvalue weighted by atomic mass is 35.5. The van der Waals surface area contributed by atoms with Crippen molar-refractivity contribution < 1.29 is 24.2 Å². The second-order valence-corrected chi connectivity index (χ2v) is 4.82. The molecule has 6 nitrogen and oxygen atoms in total. The number of carbonyl (C=O) groups excluding carboxylic acids is 1. The third kappa shape index (κ3) is 3.21. The largest absolute Gasteiger partial charge is 0.478 e. The Morgan fingerprint density at radius 2 is 1.95 bits per heavy atom. The first-order chi connectivity index (χ1) is 9.50. The number of halogens is 2. The number of hydrogen-bond acceptors (Lipinski definition) is 4. The van der Waals surface area contributed by atoms with E-state index in [2.05, 4.69) is 5.32 Å². The van der Waals surface area contributed by atoms with Crippen molar-refractivity contribution in [2.45, 2.75) is 6.10 Å². The Morgan fingerprint density at radius 3 is 2.55 bits per heavy atom. The maximum atomic E-state index is 12.0. The Bertz CT molecular complexity index is 543. The summed E-state index contributed by atoms with van der Waals surface area (Å²) in [7, 11) is 0. The van der Waals surface area contributed by atoms with Gasteiger partial charge in [0.15, 0.2) is 6.10 Å². The number of carbonyl (C=O) groups is 2. The lowest BCUT2D eigenvalue weighted by Gasteiger charge is -2.22. The second-order valence-electron chi connectivity index (χ2n) is 4.01. The fraction of sp³-hybridized carbons (Fsp3) is 0.333. The van der Waals surface area contributed by atoms with Gasteiger partial charge in [-0.15, -0.1) is 0 Å². The van der Waals surface area contributed by atoms with Gasteiger partial charge in [-0.3, -0.25) is 4.79 Å². The van der Waals surface area contributed by atoms with Gasteiger partial charge in [-0.25, -0.2) is 4.79 Å². The molecule has 2 rings (SSSR count). The molecular weight excluding hydrogens is 309 g/mol. The Kier molecular flexibility index (Phi) is 4.82. The average molecular weight is 320 g/mol. The number of nitrogens with one attached hydrogen (secondary N) is 1. The van der Waals surface area contributed by atoms with E-state index in [9.17, 15) is 9.59 Å². The minimum atomic E-state index is -1.28. The molecule has 0 spiro atoms. The van der Waals surface area contributed by atoms with Crippen LogP contribution >= 0.6 is 23.2 Å². The number of amides is 1. The van der Waals surface area contributed by atoms with Gasteiger partial charge in [0, 0.05) is 0 Å². The maximum Gasteiger partial charge on any atom is 0.339 e. The van der Waals surface area contributed by atoms with Crippen molar-refractivity contribution in [1.82, 2.24) is 0 Å². The molecule has 0 radical (unpaired) electrons. The highest BCUT2D eigenvalue weighted by Crippen LogP contribution is 2.32. The lowest BCUT2D eigenvalue weighted by atomic mass is 10.1. The summed E-state index contributed by atoms with van der Waals surface area (Å²) >= 11 is 11.7. The van der Waals surface area contributed by atoms with Crippen molar-refractivity contribution in [2.24, 2.45) is 0 Å². The summed E-state index contributed by atoms with van der Waals surface area (Å²) in [5, 5.41) is 11.6. The van der Waals surface area contributed by atoms with Gasteiger partial charge in [0.2, 0.25) is 0 Å². The van der Waals surface area contributed by atoms with Gasteiger partial charge in [0.1, 0.15) is 5.56 Å². The molecule has 0 aliphatic carbocycles. The number of ether oxygens (including phenoxy) is 2. The zero-order valence-electron chi connectivity index (χ0n) is 10.2. The minimum absolute atomic E-state index is 0.0157. The fourth-order valence-corrected chi connectivity index (χ4v) is 2.17. The smallest absolute Gasteiger partial charge is 0.339 e. The standard InChI is InChI=1S/C12H11Cl2NO5/c13-6-1-2-7(14)10(9(6)12(17)18)15-11(16)8-5-19-3-4-20-8/h1-2,8H,3-5H2,(H,15,16)(H,17,18). The average Bonchev–Trinajstić information content (AvgIpc) is 2.43. The number of rotatable bonds is 3. The summed E-state index contributed by atoms with van der Waals surface area (Å²) in [5.74, 6) is -1.81. The van der Waals surface area contributed by atoms with Crippen LogP contribution in [-0.4, -0.2) is 42.9 Å². The van der Waals surface area contributed by atoms with E-state index in [0.717, 1.165) is 0 Å². The zero-order chi connectivity index (χ0) is 14.7. The third-order valence-corrected chi connectivity index (χ3v) is 3.30. The molecule has 1 aromatic carbocycles. The van der Waals surface area contributed by atoms with Crippen molar-refractivity contribution in [3.8, 4) is 0 Å². The van der Waals surface area contributed by atoms with E-state index in [1.54, 1.807) is 0 Å². The van der Waals surface area contributed by atoms with E-state index in [0.29, 0.717) is 13.2 Å². The van der Waals surface area contributed by atoms with Crippen molar-refractivity contribution >= 4 is 40.8 Å². The van der Waals surface area contributed by atoms with Gasteiger partial charge >= 0.3 is 5.97 Å². The predicted octanol–water partition coefficient (Wildman–Crippen LogP) is 2.05. The lowest BCUT2D eigenvalue weighted by Crippen LogP contribution is -2.39. The summed E-state index contributed by atoms with van der Waals surface area (Å²) in [5.41, 5.74) is -0.310. The van der Waals surface area contributed by atoms with Crippen LogP contribution in [0.4, 0.5) is 5.69 Å². The Hall–Kier alpha value is -1.34. The number of hydrogen-bond donors (Lipinski definition) is 2. The zero-order valence-corrected chi connectivity index (χ0v) is 11.7. The van der Waals surface area contributed by atoms with Gasteiger partial charge in [-0.2, -0.15) is 0 Å². The molecule has 20 heavy (non-hydrogen) atoms. The molecule has 0 bridgehead atoms. The van der Waals surface area contributed by atoms with Crippen molar-refractivity contribution in [2.75, 3.05) is 25.1 Å². The van der Waals surface area contributed by atoms with Crippen LogP contribution < -0.4 is 5.32 Å². The van der Waals surface area contributed by atoms with Crippen molar-refractivity contribution in [3.05, 3.63) is 27.7 Å². The second kappa shape index (κ2) is 6.41. The van der Waals surface area contributed by atoms with Gasteiger partial charge in [0.05, 0.1) is 35.6 Å². The normalized spacial score (nSPS) is 18.6. The Labute approximate surface area is 124 Å². The highest BCUT2D eigenvalue weighted by Gasteiger charge is 2.26. The van der Waals surface area contributed by atoms with Crippen LogP contribution in [0.25, 0.3) is 0 Å². The molecule has 1 unspecified atom stereocenters. The van der Waals surface area contributed by atoms with E-state index in [1.165, 1.54) is 12.1 Å². The number of carboxylic acid groups (broad SMARTS) is 1. The Morgan fingerprint density at radius 1 is 1.25 bits per heavy atom. The molecule has 1 amide bonds. The van der Waals surface area contributed by atoms with Crippen LogP contribution in [0.15, 0.2) is 12.1 Å². The molecule has 1 atom stereocenters. The van der Waals surface area contributed by atoms with Gasteiger partial charge < -0.3 is 19.9 Å². The van der Waals surface area contributed by atoms with Crippen LogP contribution in [0, 0.1) is 0 Å². The van der Waals surface area contributed by atoms with Crippen LogP contribution in [0.1, 0.15) is 10.4 Å². The van der Waals surface area contributed by atoms with E-state index in [4.69, 9.17) is 37.8 Å². The van der Waals surface area contributed by atoms with Crippen molar-refractivity contribution in [1.29, 1.82) is 0 Å². The monoisotopic (exact) mass is 319 g/mol. The van der Waals surface area contributed by atoms with E-state index in [1.807, 2.05) is 0 Å². The van der Waals surface area contributed by atoms with Crippen molar-refractivity contribution in [3.63, 3.8) is 0 Å². The van der Waals surface area contributed by atoms with Crippen LogP contribution in [0.3, 0.4) is 0 Å². The minimum Gasteiger partial charge on any atom is -0.478 e. The maximum absolute atomic E-state index is 12.0. The van der Waals surface area contributed by atoms with E-state index >= 15 is 0 Å². The molecule has 1 aliphatic heterocycles. The lowest BCUT2D eigenvalue weighted by molar-refractivity contribution is -0.142. The quantitative estimate of drug-likeness (QED) is 0.890.